The van der Waals surface area contributed by atoms with Crippen molar-refractivity contribution in [2.24, 2.45) is 5.92 Å². The molecule has 3 heteroatoms. The number of fused-ring (bicyclic) bond motifs is 1. The number of aryl methyl sites for hydroxylation is 1. The molecule has 1 aromatic carbocycles. The SMILES string of the molecule is CCCC1CCC(n2c(=S)[nH]c3ccc(C)cc32)CC1. The topological polar surface area (TPSA) is 20.7 Å². The Morgan fingerprint density at radius 1 is 1.25 bits per heavy atom. The minimum absolute atomic E-state index is 0.589. The van der Waals surface area contributed by atoms with E-state index in [2.05, 4.69) is 41.6 Å². The fourth-order valence-corrected chi connectivity index (χ4v) is 4.05. The highest BCUT2D eigenvalue weighted by atomic mass is 32.1. The third-order valence-electron chi connectivity index (χ3n) is 4.75. The van der Waals surface area contributed by atoms with Crippen molar-refractivity contribution in [3.8, 4) is 0 Å². The molecule has 2 nitrogen and oxygen atoms in total. The Balaban J connectivity index is 1.89. The Morgan fingerprint density at radius 2 is 2.00 bits per heavy atom. The Hall–Kier alpha value is -1.09. The zero-order chi connectivity index (χ0) is 14.1. The minimum Gasteiger partial charge on any atom is -0.331 e. The molecule has 0 radical (unpaired) electrons. The number of rotatable bonds is 3. The van der Waals surface area contributed by atoms with Crippen LogP contribution in [0.3, 0.4) is 0 Å². The lowest BCUT2D eigenvalue weighted by molar-refractivity contribution is 0.264. The zero-order valence-electron chi connectivity index (χ0n) is 12.5. The quantitative estimate of drug-likeness (QED) is 0.735. The number of nitrogens with one attached hydrogen (secondary N) is 1. The summed E-state index contributed by atoms with van der Waals surface area (Å²) in [4.78, 5) is 3.37. The molecule has 1 aliphatic carbocycles. The van der Waals surface area contributed by atoms with Crippen molar-refractivity contribution in [1.29, 1.82) is 0 Å². The van der Waals surface area contributed by atoms with Gasteiger partial charge < -0.3 is 9.55 Å². The van der Waals surface area contributed by atoms with Crippen LogP contribution in [0, 0.1) is 17.6 Å². The second-order valence-electron chi connectivity index (χ2n) is 6.28. The lowest BCUT2D eigenvalue weighted by Crippen LogP contribution is -2.18. The van der Waals surface area contributed by atoms with E-state index in [-0.39, 0.29) is 0 Å². The molecule has 1 aliphatic rings. The molecule has 1 N–H and O–H groups in total. The van der Waals surface area contributed by atoms with Crippen LogP contribution in [-0.4, -0.2) is 9.55 Å². The highest BCUT2D eigenvalue weighted by molar-refractivity contribution is 7.71. The van der Waals surface area contributed by atoms with Crippen LogP contribution < -0.4 is 0 Å². The number of benzene rings is 1. The molecular formula is C17H24N2S. The molecule has 3 rings (SSSR count). The van der Waals surface area contributed by atoms with Crippen molar-refractivity contribution >= 4 is 23.3 Å². The number of hydrogen-bond acceptors (Lipinski definition) is 1. The standard InChI is InChI=1S/C17H24N2S/c1-3-4-13-6-8-14(9-7-13)19-16-11-12(2)5-10-15(16)18-17(19)20/h5,10-11,13-14H,3-4,6-9H2,1-2H3,(H,18,20). The van der Waals surface area contributed by atoms with E-state index in [1.807, 2.05) is 0 Å². The van der Waals surface area contributed by atoms with Gasteiger partial charge >= 0.3 is 0 Å². The van der Waals surface area contributed by atoms with Crippen LogP contribution >= 0.6 is 12.2 Å². The van der Waals surface area contributed by atoms with Crippen molar-refractivity contribution in [3.05, 3.63) is 28.5 Å². The van der Waals surface area contributed by atoms with E-state index in [1.165, 1.54) is 55.1 Å². The van der Waals surface area contributed by atoms with E-state index in [4.69, 9.17) is 12.2 Å². The average Bonchev–Trinajstić information content (AvgIpc) is 2.76. The summed E-state index contributed by atoms with van der Waals surface area (Å²) in [6.45, 7) is 4.45. The van der Waals surface area contributed by atoms with Crippen molar-refractivity contribution in [3.63, 3.8) is 0 Å². The van der Waals surface area contributed by atoms with Crippen LogP contribution in [0.1, 0.15) is 57.1 Å². The van der Waals surface area contributed by atoms with Gasteiger partial charge in [0, 0.05) is 6.04 Å². The van der Waals surface area contributed by atoms with Gasteiger partial charge in [0.15, 0.2) is 4.77 Å². The van der Waals surface area contributed by atoms with Crippen LogP contribution in [0.15, 0.2) is 18.2 Å². The number of imidazole rings is 1. The highest BCUT2D eigenvalue weighted by Crippen LogP contribution is 2.36. The van der Waals surface area contributed by atoms with Gasteiger partial charge in [0.1, 0.15) is 0 Å². The lowest BCUT2D eigenvalue weighted by Gasteiger charge is -2.29. The smallest absolute Gasteiger partial charge is 0.178 e. The summed E-state index contributed by atoms with van der Waals surface area (Å²) in [6, 6.07) is 7.15. The van der Waals surface area contributed by atoms with Gasteiger partial charge in [-0.25, -0.2) is 0 Å². The molecule has 20 heavy (non-hydrogen) atoms. The number of aromatic nitrogens is 2. The van der Waals surface area contributed by atoms with Gasteiger partial charge in [-0.05, 0) is 68.4 Å². The highest BCUT2D eigenvalue weighted by Gasteiger charge is 2.23. The summed E-state index contributed by atoms with van der Waals surface area (Å²) in [5, 5.41) is 0. The number of aromatic amines is 1. The maximum absolute atomic E-state index is 5.57. The maximum atomic E-state index is 5.57. The molecule has 108 valence electrons. The first-order valence-corrected chi connectivity index (χ1v) is 8.30. The van der Waals surface area contributed by atoms with Crippen molar-refractivity contribution in [2.45, 2.75) is 58.4 Å². The summed E-state index contributed by atoms with van der Waals surface area (Å²) in [5.41, 5.74) is 3.77. The van der Waals surface area contributed by atoms with Gasteiger partial charge in [-0.2, -0.15) is 0 Å². The molecule has 1 fully saturated rings. The van der Waals surface area contributed by atoms with Crippen LogP contribution in [0.2, 0.25) is 0 Å². The van der Waals surface area contributed by atoms with Crippen LogP contribution in [0.5, 0.6) is 0 Å². The second-order valence-corrected chi connectivity index (χ2v) is 6.67. The van der Waals surface area contributed by atoms with Crippen LogP contribution in [0.25, 0.3) is 11.0 Å². The summed E-state index contributed by atoms with van der Waals surface area (Å²) in [7, 11) is 0. The Kier molecular flexibility index (Phi) is 3.97. The average molecular weight is 288 g/mol. The number of hydrogen-bond donors (Lipinski definition) is 1. The first kappa shape index (κ1) is 13.9. The molecule has 0 saturated heterocycles. The minimum atomic E-state index is 0.589. The van der Waals surface area contributed by atoms with Crippen molar-refractivity contribution < 1.29 is 0 Å². The number of nitrogens with zero attached hydrogens (tertiary/aromatic N) is 1. The summed E-state index contributed by atoms with van der Waals surface area (Å²) in [5.74, 6) is 0.942. The molecule has 0 unspecified atom stereocenters. The normalized spacial score (nSPS) is 23.3. The van der Waals surface area contributed by atoms with Crippen LogP contribution in [0.4, 0.5) is 0 Å². The van der Waals surface area contributed by atoms with Crippen molar-refractivity contribution in [1.82, 2.24) is 9.55 Å². The predicted octanol–water partition coefficient (Wildman–Crippen LogP) is 5.54. The largest absolute Gasteiger partial charge is 0.331 e. The molecule has 0 amide bonds. The predicted molar refractivity (Wildman–Crippen MR) is 87.8 cm³/mol. The van der Waals surface area contributed by atoms with Crippen molar-refractivity contribution in [2.75, 3.05) is 0 Å². The Morgan fingerprint density at radius 3 is 2.70 bits per heavy atom. The lowest BCUT2D eigenvalue weighted by atomic mass is 9.83. The monoisotopic (exact) mass is 288 g/mol. The molecule has 0 aliphatic heterocycles. The van der Waals surface area contributed by atoms with E-state index in [1.54, 1.807) is 0 Å². The molecule has 2 aromatic rings. The Bertz CT molecular complexity index is 645. The van der Waals surface area contributed by atoms with Gasteiger partial charge in [0.25, 0.3) is 0 Å². The molecule has 0 bridgehead atoms. The van der Waals surface area contributed by atoms with E-state index in [0.717, 1.165) is 10.7 Å². The van der Waals surface area contributed by atoms with Gasteiger partial charge in [-0.1, -0.05) is 25.8 Å². The van der Waals surface area contributed by atoms with E-state index in [9.17, 15) is 0 Å². The first-order valence-electron chi connectivity index (χ1n) is 7.90. The number of H-pyrrole nitrogens is 1. The summed E-state index contributed by atoms with van der Waals surface area (Å²) >= 11 is 5.57. The van der Waals surface area contributed by atoms with Gasteiger partial charge in [-0.15, -0.1) is 0 Å². The summed E-state index contributed by atoms with van der Waals surface area (Å²) < 4.78 is 3.27. The van der Waals surface area contributed by atoms with Gasteiger partial charge in [0.2, 0.25) is 0 Å². The van der Waals surface area contributed by atoms with E-state index >= 15 is 0 Å². The molecule has 1 aromatic heterocycles. The van der Waals surface area contributed by atoms with E-state index < -0.39 is 0 Å². The second kappa shape index (κ2) is 5.72. The maximum Gasteiger partial charge on any atom is 0.178 e. The Labute approximate surface area is 126 Å². The fourth-order valence-electron chi connectivity index (χ4n) is 3.69. The van der Waals surface area contributed by atoms with Crippen LogP contribution in [-0.2, 0) is 0 Å². The molecular weight excluding hydrogens is 264 g/mol. The van der Waals surface area contributed by atoms with Gasteiger partial charge in [0.05, 0.1) is 11.0 Å². The van der Waals surface area contributed by atoms with Gasteiger partial charge in [-0.3, -0.25) is 0 Å². The summed E-state index contributed by atoms with van der Waals surface area (Å²) in [6.07, 6.45) is 7.99. The molecule has 1 saturated carbocycles. The zero-order valence-corrected chi connectivity index (χ0v) is 13.3. The van der Waals surface area contributed by atoms with E-state index in [0.29, 0.717) is 6.04 Å². The molecule has 0 spiro atoms. The third kappa shape index (κ3) is 2.56. The fraction of sp³-hybridized carbons (Fsp3) is 0.588. The third-order valence-corrected chi connectivity index (χ3v) is 5.05. The first-order chi connectivity index (χ1) is 9.69. The molecule has 1 heterocycles. The molecule has 0 atom stereocenters.